The minimum Gasteiger partial charge on any atom is -0.507 e. The van der Waals surface area contributed by atoms with Crippen molar-refractivity contribution in [3.63, 3.8) is 0 Å². The van der Waals surface area contributed by atoms with Gasteiger partial charge in [-0.2, -0.15) is 0 Å². The van der Waals surface area contributed by atoms with E-state index in [1.54, 1.807) is 24.3 Å². The molecule has 7 heteroatoms. The lowest BCUT2D eigenvalue weighted by atomic mass is 9.95. The molecule has 2 aliphatic rings. The molecule has 2 unspecified atom stereocenters. The van der Waals surface area contributed by atoms with Gasteiger partial charge in [-0.05, 0) is 68.1 Å². The molecule has 192 valence electrons. The second kappa shape index (κ2) is 12.1. The monoisotopic (exact) mass is 493 g/mol. The first-order valence-electron chi connectivity index (χ1n) is 12.9. The SMILES string of the molecule is CCCCCOc1ccc(/C(O)=C2/C(=O)C(=O)N(CC3CCCO3)C2c2cccc(OCC)c2)cc1. The average Bonchev–Trinajstić information content (AvgIpc) is 3.49. The number of unbranched alkanes of at least 4 members (excludes halogenated alkanes) is 2. The Balaban J connectivity index is 1.68. The van der Waals surface area contributed by atoms with E-state index in [1.165, 1.54) is 4.90 Å². The van der Waals surface area contributed by atoms with Gasteiger partial charge in [0.25, 0.3) is 11.7 Å². The van der Waals surface area contributed by atoms with E-state index in [0.29, 0.717) is 42.4 Å². The van der Waals surface area contributed by atoms with Crippen molar-refractivity contribution in [3.05, 3.63) is 65.2 Å². The van der Waals surface area contributed by atoms with Crippen LogP contribution in [0.1, 0.15) is 63.1 Å². The van der Waals surface area contributed by atoms with E-state index >= 15 is 0 Å². The van der Waals surface area contributed by atoms with Crippen LogP contribution in [-0.2, 0) is 14.3 Å². The summed E-state index contributed by atoms with van der Waals surface area (Å²) in [6.45, 7) is 6.09. The van der Waals surface area contributed by atoms with Gasteiger partial charge in [-0.1, -0.05) is 31.9 Å². The predicted molar refractivity (Wildman–Crippen MR) is 137 cm³/mol. The second-order valence-electron chi connectivity index (χ2n) is 9.17. The van der Waals surface area contributed by atoms with Gasteiger partial charge in [0.05, 0.1) is 30.9 Å². The maximum absolute atomic E-state index is 13.3. The van der Waals surface area contributed by atoms with Crippen LogP contribution in [0.5, 0.6) is 11.5 Å². The Morgan fingerprint density at radius 3 is 2.56 bits per heavy atom. The summed E-state index contributed by atoms with van der Waals surface area (Å²) in [7, 11) is 0. The maximum atomic E-state index is 13.3. The van der Waals surface area contributed by atoms with Gasteiger partial charge < -0.3 is 24.2 Å². The number of aliphatic hydroxyl groups is 1. The van der Waals surface area contributed by atoms with Crippen molar-refractivity contribution in [1.82, 2.24) is 4.90 Å². The molecule has 2 fully saturated rings. The summed E-state index contributed by atoms with van der Waals surface area (Å²) in [5.41, 5.74) is 1.23. The van der Waals surface area contributed by atoms with Crippen LogP contribution in [0.3, 0.4) is 0 Å². The molecule has 2 atom stereocenters. The fourth-order valence-corrected chi connectivity index (χ4v) is 4.77. The summed E-state index contributed by atoms with van der Waals surface area (Å²) in [5, 5.41) is 11.3. The highest BCUT2D eigenvalue weighted by Gasteiger charge is 2.47. The third-order valence-corrected chi connectivity index (χ3v) is 6.59. The van der Waals surface area contributed by atoms with Gasteiger partial charge in [0, 0.05) is 18.7 Å². The number of amides is 1. The van der Waals surface area contributed by atoms with Gasteiger partial charge in [0.2, 0.25) is 0 Å². The summed E-state index contributed by atoms with van der Waals surface area (Å²) in [6, 6.07) is 13.6. The van der Waals surface area contributed by atoms with Crippen LogP contribution in [0.25, 0.3) is 5.76 Å². The third-order valence-electron chi connectivity index (χ3n) is 6.59. The molecule has 0 radical (unpaired) electrons. The van der Waals surface area contributed by atoms with Crippen molar-refractivity contribution in [3.8, 4) is 11.5 Å². The lowest BCUT2D eigenvalue weighted by Gasteiger charge is -2.27. The van der Waals surface area contributed by atoms with Crippen LogP contribution in [-0.4, -0.2) is 54.2 Å². The molecule has 2 aromatic carbocycles. The van der Waals surface area contributed by atoms with Crippen LogP contribution in [0, 0.1) is 0 Å². The van der Waals surface area contributed by atoms with E-state index in [0.717, 1.165) is 32.1 Å². The summed E-state index contributed by atoms with van der Waals surface area (Å²) in [4.78, 5) is 28.0. The number of likely N-dealkylation sites (tertiary alicyclic amines) is 1. The molecule has 0 aliphatic carbocycles. The molecule has 0 saturated carbocycles. The molecular formula is C29H35NO6. The Morgan fingerprint density at radius 1 is 1.06 bits per heavy atom. The van der Waals surface area contributed by atoms with Gasteiger partial charge in [0.1, 0.15) is 17.3 Å². The van der Waals surface area contributed by atoms with Crippen molar-refractivity contribution < 1.29 is 28.9 Å². The fraction of sp³-hybridized carbons (Fsp3) is 0.448. The van der Waals surface area contributed by atoms with Gasteiger partial charge in [-0.15, -0.1) is 0 Å². The Hall–Kier alpha value is -3.32. The number of benzene rings is 2. The molecule has 36 heavy (non-hydrogen) atoms. The van der Waals surface area contributed by atoms with E-state index in [4.69, 9.17) is 14.2 Å². The largest absolute Gasteiger partial charge is 0.507 e. The van der Waals surface area contributed by atoms with E-state index in [1.807, 2.05) is 31.2 Å². The zero-order valence-electron chi connectivity index (χ0n) is 21.1. The first-order chi connectivity index (χ1) is 17.5. The molecule has 0 aromatic heterocycles. The quantitative estimate of drug-likeness (QED) is 0.199. The molecule has 4 rings (SSSR count). The number of ether oxygens (including phenoxy) is 3. The smallest absolute Gasteiger partial charge is 0.295 e. The molecule has 1 amide bonds. The van der Waals surface area contributed by atoms with Crippen molar-refractivity contribution in [2.24, 2.45) is 0 Å². The average molecular weight is 494 g/mol. The van der Waals surface area contributed by atoms with E-state index < -0.39 is 17.7 Å². The van der Waals surface area contributed by atoms with Crippen LogP contribution in [0.4, 0.5) is 0 Å². The lowest BCUT2D eigenvalue weighted by Crippen LogP contribution is -2.36. The van der Waals surface area contributed by atoms with Gasteiger partial charge in [0.15, 0.2) is 0 Å². The highest BCUT2D eigenvalue weighted by atomic mass is 16.5. The van der Waals surface area contributed by atoms with Crippen molar-refractivity contribution >= 4 is 17.4 Å². The molecule has 0 bridgehead atoms. The number of aliphatic hydroxyl groups excluding tert-OH is 1. The molecule has 2 aromatic rings. The standard InChI is InChI=1S/C29H35NO6/c1-3-5-6-16-35-22-14-12-20(13-15-22)27(31)25-26(21-9-7-10-23(18-21)34-4-2)30(29(33)28(25)32)19-24-11-8-17-36-24/h7,9-10,12-15,18,24,26,31H,3-6,8,11,16-17,19H2,1-2H3/b27-25-. The topological polar surface area (TPSA) is 85.3 Å². The second-order valence-corrected chi connectivity index (χ2v) is 9.17. The van der Waals surface area contributed by atoms with Gasteiger partial charge >= 0.3 is 0 Å². The molecule has 2 saturated heterocycles. The zero-order chi connectivity index (χ0) is 25.5. The first-order valence-corrected chi connectivity index (χ1v) is 12.9. The van der Waals surface area contributed by atoms with E-state index in [9.17, 15) is 14.7 Å². The van der Waals surface area contributed by atoms with Crippen LogP contribution < -0.4 is 9.47 Å². The fourth-order valence-electron chi connectivity index (χ4n) is 4.77. The number of ketones is 1. The lowest BCUT2D eigenvalue weighted by molar-refractivity contribution is -0.140. The van der Waals surface area contributed by atoms with Crippen LogP contribution in [0.15, 0.2) is 54.1 Å². The highest BCUT2D eigenvalue weighted by molar-refractivity contribution is 6.46. The zero-order valence-corrected chi connectivity index (χ0v) is 21.1. The number of hydrogen-bond acceptors (Lipinski definition) is 6. The third kappa shape index (κ3) is 5.73. The Kier molecular flexibility index (Phi) is 8.65. The molecule has 1 N–H and O–H groups in total. The first kappa shape index (κ1) is 25.8. The normalized spacial score (nSPS) is 21.2. The van der Waals surface area contributed by atoms with Crippen molar-refractivity contribution in [2.45, 2.75) is 58.1 Å². The number of hydrogen-bond donors (Lipinski definition) is 1. The van der Waals surface area contributed by atoms with Gasteiger partial charge in [-0.3, -0.25) is 9.59 Å². The van der Waals surface area contributed by atoms with Crippen LogP contribution >= 0.6 is 0 Å². The summed E-state index contributed by atoms with van der Waals surface area (Å²) < 4.78 is 17.2. The van der Waals surface area contributed by atoms with Crippen LogP contribution in [0.2, 0.25) is 0 Å². The minimum absolute atomic E-state index is 0.0725. The van der Waals surface area contributed by atoms with Crippen molar-refractivity contribution in [1.29, 1.82) is 0 Å². The van der Waals surface area contributed by atoms with Crippen molar-refractivity contribution in [2.75, 3.05) is 26.4 Å². The Labute approximate surface area is 212 Å². The van der Waals surface area contributed by atoms with E-state index in [2.05, 4.69) is 6.92 Å². The number of carbonyl (C=O) groups is 2. The summed E-state index contributed by atoms with van der Waals surface area (Å²) >= 11 is 0. The molecule has 2 aliphatic heterocycles. The maximum Gasteiger partial charge on any atom is 0.295 e. The summed E-state index contributed by atoms with van der Waals surface area (Å²) in [6.07, 6.45) is 4.82. The Bertz CT molecular complexity index is 1090. The Morgan fingerprint density at radius 2 is 1.86 bits per heavy atom. The summed E-state index contributed by atoms with van der Waals surface area (Å²) in [5.74, 6) is -0.191. The molecule has 0 spiro atoms. The highest BCUT2D eigenvalue weighted by Crippen LogP contribution is 2.41. The number of Topliss-reactive ketones (excluding diaryl/α,β-unsaturated/α-hetero) is 1. The molecule has 7 nitrogen and oxygen atoms in total. The van der Waals surface area contributed by atoms with Gasteiger partial charge in [-0.25, -0.2) is 0 Å². The molecular weight excluding hydrogens is 458 g/mol. The van der Waals surface area contributed by atoms with E-state index in [-0.39, 0.29) is 24.0 Å². The molecule has 2 heterocycles. The number of rotatable bonds is 11. The number of carbonyl (C=O) groups excluding carboxylic acids is 2. The predicted octanol–water partition coefficient (Wildman–Crippen LogP) is 5.26. The minimum atomic E-state index is -0.737. The number of nitrogens with zero attached hydrogens (tertiary/aromatic N) is 1.